The average Bonchev–Trinajstić information content (AvgIpc) is 2.95. The molecule has 0 atom stereocenters. The number of nitrogens with zero attached hydrogens (tertiary/aromatic N) is 1. The standard InChI is InChI=1S/C15H19FN4O2.2ClH/c1-22-15(4-6-17-7-5-15)14(21)18-9-13-19-11-3-2-10(16)8-12(11)20-13;;/h2-3,8,17H,4-7,9H2,1H3,(H,18,21)(H,19,20);2*1H. The zero-order chi connectivity index (χ0) is 15.6. The van der Waals surface area contributed by atoms with Crippen LogP contribution in [-0.4, -0.2) is 41.7 Å². The van der Waals surface area contributed by atoms with E-state index in [1.807, 2.05) is 0 Å². The van der Waals surface area contributed by atoms with Gasteiger partial charge < -0.3 is 20.4 Å². The Morgan fingerprint density at radius 2 is 2.08 bits per heavy atom. The van der Waals surface area contributed by atoms with Crippen molar-refractivity contribution in [2.75, 3.05) is 20.2 Å². The third-order valence-electron chi connectivity index (χ3n) is 4.13. The van der Waals surface area contributed by atoms with Crippen molar-refractivity contribution in [3.05, 3.63) is 29.8 Å². The number of hydrogen-bond donors (Lipinski definition) is 3. The van der Waals surface area contributed by atoms with Gasteiger partial charge in [0.1, 0.15) is 17.2 Å². The number of piperidine rings is 1. The first-order chi connectivity index (χ1) is 10.6. The summed E-state index contributed by atoms with van der Waals surface area (Å²) in [5, 5.41) is 6.07. The quantitative estimate of drug-likeness (QED) is 0.759. The van der Waals surface area contributed by atoms with Gasteiger partial charge in [-0.15, -0.1) is 24.8 Å². The molecule has 1 aromatic heterocycles. The zero-order valence-electron chi connectivity index (χ0n) is 13.2. The van der Waals surface area contributed by atoms with Crippen molar-refractivity contribution in [2.45, 2.75) is 25.0 Å². The molecule has 2 aromatic rings. The molecule has 1 saturated heterocycles. The van der Waals surface area contributed by atoms with E-state index in [1.54, 1.807) is 13.2 Å². The summed E-state index contributed by atoms with van der Waals surface area (Å²) in [7, 11) is 1.56. The zero-order valence-corrected chi connectivity index (χ0v) is 14.9. The predicted octanol–water partition coefficient (Wildman–Crippen LogP) is 1.93. The minimum absolute atomic E-state index is 0. The van der Waals surface area contributed by atoms with Crippen LogP contribution in [0.1, 0.15) is 18.7 Å². The van der Waals surface area contributed by atoms with Gasteiger partial charge in [0.05, 0.1) is 17.6 Å². The molecule has 134 valence electrons. The van der Waals surface area contributed by atoms with E-state index in [2.05, 4.69) is 20.6 Å². The number of amides is 1. The SMILES string of the molecule is COC1(C(=O)NCc2nc3ccc(F)cc3[nH]2)CCNCC1.Cl.Cl. The molecular formula is C15H21Cl2FN4O2. The van der Waals surface area contributed by atoms with Crippen LogP contribution in [-0.2, 0) is 16.1 Å². The number of benzene rings is 1. The van der Waals surface area contributed by atoms with E-state index in [0.29, 0.717) is 29.7 Å². The maximum absolute atomic E-state index is 13.2. The van der Waals surface area contributed by atoms with Gasteiger partial charge in [-0.3, -0.25) is 4.79 Å². The summed E-state index contributed by atoms with van der Waals surface area (Å²) in [5.41, 5.74) is 0.519. The summed E-state index contributed by atoms with van der Waals surface area (Å²) in [4.78, 5) is 19.8. The van der Waals surface area contributed by atoms with Gasteiger partial charge in [-0.2, -0.15) is 0 Å². The number of hydrogen-bond acceptors (Lipinski definition) is 4. The number of H-pyrrole nitrogens is 1. The fraction of sp³-hybridized carbons (Fsp3) is 0.467. The second kappa shape index (κ2) is 8.62. The maximum Gasteiger partial charge on any atom is 0.252 e. The summed E-state index contributed by atoms with van der Waals surface area (Å²) in [5.74, 6) is 0.136. The van der Waals surface area contributed by atoms with E-state index in [9.17, 15) is 9.18 Å². The number of fused-ring (bicyclic) bond motifs is 1. The highest BCUT2D eigenvalue weighted by Gasteiger charge is 2.39. The lowest BCUT2D eigenvalue weighted by atomic mass is 9.91. The number of imidazole rings is 1. The molecule has 1 aliphatic heterocycles. The molecule has 3 rings (SSSR count). The molecular weight excluding hydrogens is 358 g/mol. The topological polar surface area (TPSA) is 79.0 Å². The van der Waals surface area contributed by atoms with Crippen molar-refractivity contribution in [1.29, 1.82) is 0 Å². The molecule has 1 aromatic carbocycles. The van der Waals surface area contributed by atoms with Gasteiger partial charge >= 0.3 is 0 Å². The Hall–Kier alpha value is -1.41. The third-order valence-corrected chi connectivity index (χ3v) is 4.13. The normalized spacial score (nSPS) is 16.1. The summed E-state index contributed by atoms with van der Waals surface area (Å²) in [6, 6.07) is 4.35. The number of methoxy groups -OCH3 is 1. The van der Waals surface area contributed by atoms with E-state index in [4.69, 9.17) is 4.74 Å². The first-order valence-corrected chi connectivity index (χ1v) is 7.31. The van der Waals surface area contributed by atoms with Crippen molar-refractivity contribution in [3.8, 4) is 0 Å². The van der Waals surface area contributed by atoms with E-state index in [0.717, 1.165) is 13.1 Å². The molecule has 9 heteroatoms. The molecule has 0 aliphatic carbocycles. The number of ether oxygens (including phenoxy) is 1. The van der Waals surface area contributed by atoms with Gasteiger partial charge in [0.2, 0.25) is 0 Å². The highest BCUT2D eigenvalue weighted by molar-refractivity contribution is 5.86. The predicted molar refractivity (Wildman–Crippen MR) is 94.2 cm³/mol. The number of carbonyl (C=O) groups is 1. The van der Waals surface area contributed by atoms with Crippen LogP contribution in [0.4, 0.5) is 4.39 Å². The van der Waals surface area contributed by atoms with Crippen LogP contribution in [0, 0.1) is 5.82 Å². The first kappa shape index (κ1) is 20.6. The number of rotatable bonds is 4. The molecule has 3 N–H and O–H groups in total. The summed E-state index contributed by atoms with van der Waals surface area (Å²) >= 11 is 0. The molecule has 0 bridgehead atoms. The van der Waals surface area contributed by atoms with Crippen molar-refractivity contribution in [1.82, 2.24) is 20.6 Å². The molecule has 0 unspecified atom stereocenters. The Morgan fingerprint density at radius 3 is 2.75 bits per heavy atom. The minimum atomic E-state index is -0.774. The second-order valence-corrected chi connectivity index (χ2v) is 5.48. The molecule has 1 amide bonds. The summed E-state index contributed by atoms with van der Waals surface area (Å²) < 4.78 is 18.6. The van der Waals surface area contributed by atoms with Gasteiger partial charge in [-0.1, -0.05) is 0 Å². The van der Waals surface area contributed by atoms with Gasteiger partial charge in [-0.05, 0) is 44.1 Å². The van der Waals surface area contributed by atoms with Crippen LogP contribution in [0.15, 0.2) is 18.2 Å². The number of aromatic nitrogens is 2. The largest absolute Gasteiger partial charge is 0.368 e. The fourth-order valence-corrected chi connectivity index (χ4v) is 2.80. The Labute approximate surface area is 151 Å². The average molecular weight is 379 g/mol. The van der Waals surface area contributed by atoms with Crippen molar-refractivity contribution >= 4 is 41.8 Å². The fourth-order valence-electron chi connectivity index (χ4n) is 2.80. The van der Waals surface area contributed by atoms with Crippen LogP contribution >= 0.6 is 24.8 Å². The lowest BCUT2D eigenvalue weighted by molar-refractivity contribution is -0.146. The number of halogens is 3. The highest BCUT2D eigenvalue weighted by Crippen LogP contribution is 2.22. The Bertz CT molecular complexity index is 689. The monoisotopic (exact) mass is 378 g/mol. The molecule has 0 spiro atoms. The van der Waals surface area contributed by atoms with Gasteiger partial charge in [0.15, 0.2) is 0 Å². The lowest BCUT2D eigenvalue weighted by Gasteiger charge is -2.34. The highest BCUT2D eigenvalue weighted by atomic mass is 35.5. The smallest absolute Gasteiger partial charge is 0.252 e. The second-order valence-electron chi connectivity index (χ2n) is 5.48. The van der Waals surface area contributed by atoms with Crippen LogP contribution in [0.3, 0.4) is 0 Å². The minimum Gasteiger partial charge on any atom is -0.368 e. The summed E-state index contributed by atoms with van der Waals surface area (Å²) in [6.07, 6.45) is 1.28. The molecule has 2 heterocycles. The van der Waals surface area contributed by atoms with Crippen LogP contribution < -0.4 is 10.6 Å². The lowest BCUT2D eigenvalue weighted by Crippen LogP contribution is -2.54. The van der Waals surface area contributed by atoms with Crippen molar-refractivity contribution < 1.29 is 13.9 Å². The van der Waals surface area contributed by atoms with E-state index >= 15 is 0 Å². The van der Waals surface area contributed by atoms with Crippen LogP contribution in [0.25, 0.3) is 11.0 Å². The Kier molecular flexibility index (Phi) is 7.41. The van der Waals surface area contributed by atoms with Gasteiger partial charge in [0, 0.05) is 7.11 Å². The van der Waals surface area contributed by atoms with Gasteiger partial charge in [-0.25, -0.2) is 9.37 Å². The molecule has 6 nitrogen and oxygen atoms in total. The summed E-state index contributed by atoms with van der Waals surface area (Å²) in [6.45, 7) is 1.77. The molecule has 24 heavy (non-hydrogen) atoms. The number of nitrogens with one attached hydrogen (secondary N) is 3. The molecule has 0 radical (unpaired) electrons. The number of carbonyl (C=O) groups excluding carboxylic acids is 1. The molecule has 0 saturated carbocycles. The van der Waals surface area contributed by atoms with E-state index < -0.39 is 5.60 Å². The maximum atomic E-state index is 13.2. The van der Waals surface area contributed by atoms with Crippen LogP contribution in [0.5, 0.6) is 0 Å². The third kappa shape index (κ3) is 4.16. The number of aromatic amines is 1. The van der Waals surface area contributed by atoms with Crippen molar-refractivity contribution in [2.24, 2.45) is 0 Å². The van der Waals surface area contributed by atoms with Crippen molar-refractivity contribution in [3.63, 3.8) is 0 Å². The van der Waals surface area contributed by atoms with Gasteiger partial charge in [0.25, 0.3) is 5.91 Å². The first-order valence-electron chi connectivity index (χ1n) is 7.31. The molecule has 1 aliphatic rings. The Morgan fingerprint density at radius 1 is 1.38 bits per heavy atom. The molecule has 1 fully saturated rings. The van der Waals surface area contributed by atoms with E-state index in [1.165, 1.54) is 12.1 Å². The Balaban J connectivity index is 0.00000144. The van der Waals surface area contributed by atoms with Crippen LogP contribution in [0.2, 0.25) is 0 Å². The van der Waals surface area contributed by atoms with E-state index in [-0.39, 0.29) is 43.1 Å².